The molecule has 2 nitrogen and oxygen atoms in total. The number of hydrogen-bond donors (Lipinski definition) is 1. The molecule has 17 heavy (non-hydrogen) atoms. The SMILES string of the molecule is CCCNCCN(C)CCc1ccc(C)cc1. The molecule has 0 fully saturated rings. The van der Waals surface area contributed by atoms with Crippen molar-refractivity contribution in [2.75, 3.05) is 33.2 Å². The number of aryl methyl sites for hydroxylation is 1. The van der Waals surface area contributed by atoms with Gasteiger partial charge in [0.2, 0.25) is 0 Å². The van der Waals surface area contributed by atoms with Crippen molar-refractivity contribution in [2.24, 2.45) is 0 Å². The quantitative estimate of drug-likeness (QED) is 0.695. The summed E-state index contributed by atoms with van der Waals surface area (Å²) in [5.74, 6) is 0. The van der Waals surface area contributed by atoms with Crippen molar-refractivity contribution in [3.8, 4) is 0 Å². The fourth-order valence-electron chi connectivity index (χ4n) is 1.76. The normalized spacial score (nSPS) is 11.1. The number of hydrogen-bond acceptors (Lipinski definition) is 2. The standard InChI is InChI=1S/C15H26N2/c1-4-10-16-11-13-17(3)12-9-15-7-5-14(2)6-8-15/h5-8,16H,4,9-13H2,1-3H3. The van der Waals surface area contributed by atoms with Crippen LogP contribution in [0.5, 0.6) is 0 Å². The minimum atomic E-state index is 1.10. The third kappa shape index (κ3) is 6.44. The summed E-state index contributed by atoms with van der Waals surface area (Å²) in [6, 6.07) is 8.85. The second kappa shape index (κ2) is 8.26. The minimum absolute atomic E-state index is 1.10. The molecule has 1 N–H and O–H groups in total. The zero-order valence-corrected chi connectivity index (χ0v) is 11.5. The van der Waals surface area contributed by atoms with E-state index in [1.165, 1.54) is 17.5 Å². The Hall–Kier alpha value is -0.860. The van der Waals surface area contributed by atoms with Crippen LogP contribution in [0.4, 0.5) is 0 Å². The average molecular weight is 234 g/mol. The van der Waals surface area contributed by atoms with E-state index in [9.17, 15) is 0 Å². The van der Waals surface area contributed by atoms with Crippen molar-refractivity contribution in [1.82, 2.24) is 10.2 Å². The largest absolute Gasteiger partial charge is 0.315 e. The molecule has 0 heterocycles. The fraction of sp³-hybridized carbons (Fsp3) is 0.600. The van der Waals surface area contributed by atoms with Crippen LogP contribution >= 0.6 is 0 Å². The highest BCUT2D eigenvalue weighted by molar-refractivity contribution is 5.21. The van der Waals surface area contributed by atoms with Gasteiger partial charge in [-0.25, -0.2) is 0 Å². The Kier molecular flexibility index (Phi) is 6.90. The molecule has 0 aromatic heterocycles. The lowest BCUT2D eigenvalue weighted by Gasteiger charge is -2.16. The van der Waals surface area contributed by atoms with E-state index < -0.39 is 0 Å². The zero-order valence-electron chi connectivity index (χ0n) is 11.5. The zero-order chi connectivity index (χ0) is 12.5. The van der Waals surface area contributed by atoms with E-state index in [-0.39, 0.29) is 0 Å². The Morgan fingerprint density at radius 1 is 1.06 bits per heavy atom. The van der Waals surface area contributed by atoms with Crippen LogP contribution < -0.4 is 5.32 Å². The van der Waals surface area contributed by atoms with Crippen LogP contribution in [0.3, 0.4) is 0 Å². The lowest BCUT2D eigenvalue weighted by atomic mass is 10.1. The Balaban J connectivity index is 2.14. The summed E-state index contributed by atoms with van der Waals surface area (Å²) in [5, 5.41) is 3.43. The molecule has 2 heteroatoms. The van der Waals surface area contributed by atoms with Crippen LogP contribution in [0.2, 0.25) is 0 Å². The summed E-state index contributed by atoms with van der Waals surface area (Å²) >= 11 is 0. The predicted octanol–water partition coefficient (Wildman–Crippen LogP) is 2.47. The van der Waals surface area contributed by atoms with Crippen molar-refractivity contribution < 1.29 is 0 Å². The highest BCUT2D eigenvalue weighted by Gasteiger charge is 1.99. The van der Waals surface area contributed by atoms with Gasteiger partial charge in [0, 0.05) is 19.6 Å². The lowest BCUT2D eigenvalue weighted by Crippen LogP contribution is -2.30. The topological polar surface area (TPSA) is 15.3 Å². The molecule has 1 rings (SSSR count). The van der Waals surface area contributed by atoms with Gasteiger partial charge >= 0.3 is 0 Å². The first-order chi connectivity index (χ1) is 8.22. The maximum atomic E-state index is 3.43. The average Bonchev–Trinajstić information content (AvgIpc) is 2.34. The Labute approximate surface area is 106 Å². The predicted molar refractivity (Wildman–Crippen MR) is 75.5 cm³/mol. The Morgan fingerprint density at radius 3 is 2.41 bits per heavy atom. The molecule has 0 radical (unpaired) electrons. The Morgan fingerprint density at radius 2 is 1.76 bits per heavy atom. The van der Waals surface area contributed by atoms with Crippen molar-refractivity contribution in [3.05, 3.63) is 35.4 Å². The van der Waals surface area contributed by atoms with E-state index >= 15 is 0 Å². The van der Waals surface area contributed by atoms with Gasteiger partial charge in [0.15, 0.2) is 0 Å². The summed E-state index contributed by atoms with van der Waals surface area (Å²) in [7, 11) is 2.20. The van der Waals surface area contributed by atoms with Gasteiger partial charge in [0.1, 0.15) is 0 Å². The molecule has 0 atom stereocenters. The molecular weight excluding hydrogens is 208 g/mol. The molecule has 1 aromatic carbocycles. The molecule has 0 aliphatic rings. The maximum absolute atomic E-state index is 3.43. The van der Waals surface area contributed by atoms with Gasteiger partial charge in [-0.15, -0.1) is 0 Å². The van der Waals surface area contributed by atoms with Crippen molar-refractivity contribution in [3.63, 3.8) is 0 Å². The number of benzene rings is 1. The fourth-order valence-corrected chi connectivity index (χ4v) is 1.76. The monoisotopic (exact) mass is 234 g/mol. The van der Waals surface area contributed by atoms with Crippen LogP contribution in [0.25, 0.3) is 0 Å². The van der Waals surface area contributed by atoms with Gasteiger partial charge in [0.05, 0.1) is 0 Å². The van der Waals surface area contributed by atoms with Gasteiger partial charge in [0.25, 0.3) is 0 Å². The molecule has 0 bridgehead atoms. The molecule has 0 saturated heterocycles. The lowest BCUT2D eigenvalue weighted by molar-refractivity contribution is 0.336. The summed E-state index contributed by atoms with van der Waals surface area (Å²) in [4.78, 5) is 2.39. The van der Waals surface area contributed by atoms with E-state index in [0.29, 0.717) is 0 Å². The summed E-state index contributed by atoms with van der Waals surface area (Å²) in [6.45, 7) is 8.83. The van der Waals surface area contributed by atoms with Gasteiger partial charge in [-0.3, -0.25) is 0 Å². The van der Waals surface area contributed by atoms with Crippen LogP contribution in [-0.4, -0.2) is 38.1 Å². The van der Waals surface area contributed by atoms with E-state index in [2.05, 4.69) is 55.4 Å². The molecule has 0 spiro atoms. The van der Waals surface area contributed by atoms with Crippen LogP contribution in [-0.2, 0) is 6.42 Å². The number of likely N-dealkylation sites (N-methyl/N-ethyl adjacent to an activating group) is 1. The number of rotatable bonds is 8. The minimum Gasteiger partial charge on any atom is -0.315 e. The molecule has 1 aromatic rings. The third-order valence-electron chi connectivity index (χ3n) is 3.00. The first-order valence-corrected chi connectivity index (χ1v) is 6.67. The molecule has 0 amide bonds. The smallest absolute Gasteiger partial charge is 0.0104 e. The van der Waals surface area contributed by atoms with Gasteiger partial charge in [-0.05, 0) is 38.9 Å². The maximum Gasteiger partial charge on any atom is 0.0104 e. The summed E-state index contributed by atoms with van der Waals surface area (Å²) in [5.41, 5.74) is 2.77. The molecular formula is C15H26N2. The summed E-state index contributed by atoms with van der Waals surface area (Å²) in [6.07, 6.45) is 2.36. The van der Waals surface area contributed by atoms with Gasteiger partial charge < -0.3 is 10.2 Å². The van der Waals surface area contributed by atoms with Gasteiger partial charge in [-0.2, -0.15) is 0 Å². The van der Waals surface area contributed by atoms with Crippen molar-refractivity contribution in [1.29, 1.82) is 0 Å². The van der Waals surface area contributed by atoms with E-state index in [0.717, 1.165) is 32.6 Å². The van der Waals surface area contributed by atoms with Crippen molar-refractivity contribution in [2.45, 2.75) is 26.7 Å². The van der Waals surface area contributed by atoms with Crippen LogP contribution in [0.15, 0.2) is 24.3 Å². The molecule has 0 saturated carbocycles. The third-order valence-corrected chi connectivity index (χ3v) is 3.00. The molecule has 0 aliphatic heterocycles. The Bertz CT molecular complexity index is 292. The van der Waals surface area contributed by atoms with Gasteiger partial charge in [-0.1, -0.05) is 36.8 Å². The molecule has 96 valence electrons. The van der Waals surface area contributed by atoms with Crippen LogP contribution in [0, 0.1) is 6.92 Å². The number of nitrogens with one attached hydrogen (secondary N) is 1. The first kappa shape index (κ1) is 14.2. The number of nitrogens with zero attached hydrogens (tertiary/aromatic N) is 1. The highest BCUT2D eigenvalue weighted by Crippen LogP contribution is 2.04. The molecule has 0 aliphatic carbocycles. The summed E-state index contributed by atoms with van der Waals surface area (Å²) < 4.78 is 0. The first-order valence-electron chi connectivity index (χ1n) is 6.67. The van der Waals surface area contributed by atoms with Crippen LogP contribution in [0.1, 0.15) is 24.5 Å². The second-order valence-corrected chi connectivity index (χ2v) is 4.79. The van der Waals surface area contributed by atoms with E-state index in [1.807, 2.05) is 0 Å². The van der Waals surface area contributed by atoms with E-state index in [4.69, 9.17) is 0 Å². The second-order valence-electron chi connectivity index (χ2n) is 4.79. The van der Waals surface area contributed by atoms with Crippen molar-refractivity contribution >= 4 is 0 Å². The van der Waals surface area contributed by atoms with E-state index in [1.54, 1.807) is 0 Å². The highest BCUT2D eigenvalue weighted by atomic mass is 15.1. The molecule has 0 unspecified atom stereocenters.